The first kappa shape index (κ1) is 12.4. The molecule has 1 aromatic carbocycles. The molecule has 1 N–H and O–H groups in total. The molecule has 0 aliphatic carbocycles. The first-order valence-corrected chi connectivity index (χ1v) is 5.27. The second-order valence-corrected chi connectivity index (χ2v) is 3.84. The fraction of sp³-hybridized carbons (Fsp3) is 0.154. The van der Waals surface area contributed by atoms with Crippen LogP contribution < -0.4 is 0 Å². The zero-order valence-corrected chi connectivity index (χ0v) is 9.34. The van der Waals surface area contributed by atoms with Gasteiger partial charge < -0.3 is 4.98 Å². The highest BCUT2D eigenvalue weighted by Gasteiger charge is 2.41. The molecule has 0 bridgehead atoms. The van der Waals surface area contributed by atoms with Crippen molar-refractivity contribution < 1.29 is 18.0 Å². The molecule has 0 amide bonds. The van der Waals surface area contributed by atoms with E-state index in [9.17, 15) is 18.0 Å². The fourth-order valence-corrected chi connectivity index (χ4v) is 1.90. The van der Waals surface area contributed by atoms with Crippen LogP contribution in [-0.4, -0.2) is 16.9 Å². The molecule has 5 heteroatoms. The van der Waals surface area contributed by atoms with E-state index in [1.165, 1.54) is 12.1 Å². The van der Waals surface area contributed by atoms with Gasteiger partial charge in [-0.15, -0.1) is 6.58 Å². The fourth-order valence-electron chi connectivity index (χ4n) is 1.90. The Morgan fingerprint density at radius 2 is 2.00 bits per heavy atom. The number of para-hydroxylation sites is 1. The molecule has 0 saturated heterocycles. The van der Waals surface area contributed by atoms with Crippen LogP contribution in [0.2, 0.25) is 0 Å². The molecular weight excluding hydrogens is 243 g/mol. The Morgan fingerprint density at radius 3 is 2.61 bits per heavy atom. The highest BCUT2D eigenvalue weighted by Crippen LogP contribution is 2.30. The van der Waals surface area contributed by atoms with E-state index in [-0.39, 0.29) is 23.1 Å². The predicted molar refractivity (Wildman–Crippen MR) is 62.6 cm³/mol. The maximum atomic E-state index is 12.6. The number of aromatic amines is 1. The number of hydrogen-bond donors (Lipinski definition) is 1. The lowest BCUT2D eigenvalue weighted by Gasteiger charge is -2.06. The van der Waals surface area contributed by atoms with Gasteiger partial charge in [0.05, 0.1) is 5.56 Å². The van der Waals surface area contributed by atoms with Crippen LogP contribution >= 0.6 is 0 Å². The van der Waals surface area contributed by atoms with Gasteiger partial charge in [-0.2, -0.15) is 13.2 Å². The summed E-state index contributed by atoms with van der Waals surface area (Å²) in [7, 11) is 0. The first-order valence-electron chi connectivity index (χ1n) is 5.27. The van der Waals surface area contributed by atoms with Crippen LogP contribution in [0, 0.1) is 0 Å². The number of alkyl halides is 3. The lowest BCUT2D eigenvalue weighted by Crippen LogP contribution is -2.23. The quantitative estimate of drug-likeness (QED) is 0.657. The number of carbonyl (C=O) groups is 1. The number of halogens is 3. The summed E-state index contributed by atoms with van der Waals surface area (Å²) < 4.78 is 37.7. The van der Waals surface area contributed by atoms with Crippen molar-refractivity contribution in [2.24, 2.45) is 0 Å². The van der Waals surface area contributed by atoms with Crippen molar-refractivity contribution in [3.63, 3.8) is 0 Å². The first-order chi connectivity index (χ1) is 8.45. The van der Waals surface area contributed by atoms with Crippen molar-refractivity contribution in [3.05, 3.63) is 48.2 Å². The van der Waals surface area contributed by atoms with Crippen LogP contribution in [0.3, 0.4) is 0 Å². The van der Waals surface area contributed by atoms with Gasteiger partial charge in [0.1, 0.15) is 0 Å². The van der Waals surface area contributed by atoms with Gasteiger partial charge in [0.25, 0.3) is 5.78 Å². The van der Waals surface area contributed by atoms with E-state index in [1.54, 1.807) is 18.2 Å². The summed E-state index contributed by atoms with van der Waals surface area (Å²) in [6, 6.07) is 6.42. The van der Waals surface area contributed by atoms with Crippen molar-refractivity contribution >= 4 is 16.7 Å². The summed E-state index contributed by atoms with van der Waals surface area (Å²) in [6.07, 6.45) is -3.23. The lowest BCUT2D eigenvalue weighted by atomic mass is 10.0. The number of aromatic nitrogens is 1. The molecule has 1 heterocycles. The molecule has 0 fully saturated rings. The third kappa shape index (κ3) is 2.03. The maximum Gasteiger partial charge on any atom is 0.454 e. The third-order valence-electron chi connectivity index (χ3n) is 2.62. The predicted octanol–water partition coefficient (Wildman–Crippen LogP) is 3.64. The second-order valence-electron chi connectivity index (χ2n) is 3.84. The van der Waals surface area contributed by atoms with E-state index in [2.05, 4.69) is 11.6 Å². The zero-order chi connectivity index (χ0) is 13.3. The summed E-state index contributed by atoms with van der Waals surface area (Å²) in [5.41, 5.74) is 0.452. The Hall–Kier alpha value is -2.04. The number of benzene rings is 1. The zero-order valence-electron chi connectivity index (χ0n) is 9.34. The molecule has 94 valence electrons. The largest absolute Gasteiger partial charge is 0.454 e. The number of hydrogen-bond acceptors (Lipinski definition) is 1. The molecule has 18 heavy (non-hydrogen) atoms. The number of allylic oxidation sites excluding steroid dienone is 1. The minimum absolute atomic E-state index is 0.186. The number of rotatable bonds is 3. The molecule has 1 aromatic heterocycles. The Balaban J connectivity index is 2.69. The number of fused-ring (bicyclic) bond motifs is 1. The second kappa shape index (κ2) is 4.33. The van der Waals surface area contributed by atoms with E-state index in [0.717, 1.165) is 0 Å². The lowest BCUT2D eigenvalue weighted by molar-refractivity contribution is -0.0884. The number of carbonyl (C=O) groups excluding carboxylic acids is 1. The molecule has 2 nitrogen and oxygen atoms in total. The molecule has 0 aliphatic heterocycles. The van der Waals surface area contributed by atoms with Crippen LogP contribution in [0.5, 0.6) is 0 Å². The van der Waals surface area contributed by atoms with E-state index < -0.39 is 12.0 Å². The molecule has 0 saturated carbocycles. The van der Waals surface area contributed by atoms with Gasteiger partial charge in [-0.25, -0.2) is 0 Å². The number of Topliss-reactive ketones (excluding diaryl/α,β-unsaturated/α-hetero) is 1. The van der Waals surface area contributed by atoms with Crippen molar-refractivity contribution in [2.75, 3.05) is 0 Å². The van der Waals surface area contributed by atoms with Crippen LogP contribution in [0.1, 0.15) is 16.1 Å². The van der Waals surface area contributed by atoms with Crippen molar-refractivity contribution in [1.82, 2.24) is 4.98 Å². The van der Waals surface area contributed by atoms with Crippen LogP contribution in [0.15, 0.2) is 36.9 Å². The van der Waals surface area contributed by atoms with Crippen molar-refractivity contribution in [2.45, 2.75) is 12.6 Å². The molecular formula is C13H10F3NO. The monoisotopic (exact) mass is 253 g/mol. The number of H-pyrrole nitrogens is 1. The smallest absolute Gasteiger partial charge is 0.358 e. The van der Waals surface area contributed by atoms with Gasteiger partial charge in [0.2, 0.25) is 0 Å². The Kier molecular flexibility index (Phi) is 2.98. The molecule has 2 aromatic rings. The van der Waals surface area contributed by atoms with Gasteiger partial charge >= 0.3 is 6.18 Å². The van der Waals surface area contributed by atoms with E-state index >= 15 is 0 Å². The average Bonchev–Trinajstić information content (AvgIpc) is 2.65. The van der Waals surface area contributed by atoms with E-state index in [0.29, 0.717) is 5.52 Å². The van der Waals surface area contributed by atoms with Crippen molar-refractivity contribution in [3.8, 4) is 0 Å². The molecule has 0 unspecified atom stereocenters. The topological polar surface area (TPSA) is 32.9 Å². The molecule has 0 aliphatic rings. The van der Waals surface area contributed by atoms with Crippen LogP contribution in [-0.2, 0) is 6.42 Å². The Bertz CT molecular complexity index is 610. The number of ketones is 1. The Morgan fingerprint density at radius 1 is 1.33 bits per heavy atom. The van der Waals surface area contributed by atoms with Gasteiger partial charge in [0, 0.05) is 23.0 Å². The summed E-state index contributed by atoms with van der Waals surface area (Å²) in [6.45, 7) is 3.48. The SMILES string of the molecule is C=CCc1[nH]c2ccccc2c1C(=O)C(F)(F)F. The molecule has 0 spiro atoms. The minimum Gasteiger partial charge on any atom is -0.358 e. The highest BCUT2D eigenvalue weighted by molar-refractivity contribution is 6.11. The van der Waals surface area contributed by atoms with Crippen LogP contribution in [0.4, 0.5) is 13.2 Å². The highest BCUT2D eigenvalue weighted by atomic mass is 19.4. The third-order valence-corrected chi connectivity index (χ3v) is 2.62. The van der Waals surface area contributed by atoms with Gasteiger partial charge in [-0.05, 0) is 6.07 Å². The Labute approximate surface area is 101 Å². The van der Waals surface area contributed by atoms with Crippen LogP contribution in [0.25, 0.3) is 10.9 Å². The normalized spacial score (nSPS) is 11.7. The molecule has 2 rings (SSSR count). The van der Waals surface area contributed by atoms with E-state index in [4.69, 9.17) is 0 Å². The molecule has 0 atom stereocenters. The summed E-state index contributed by atoms with van der Waals surface area (Å²) in [5.74, 6) is -1.82. The molecule has 0 radical (unpaired) electrons. The summed E-state index contributed by atoms with van der Waals surface area (Å²) >= 11 is 0. The van der Waals surface area contributed by atoms with Gasteiger partial charge in [-0.3, -0.25) is 4.79 Å². The van der Waals surface area contributed by atoms with Crippen molar-refractivity contribution in [1.29, 1.82) is 0 Å². The summed E-state index contributed by atoms with van der Waals surface area (Å²) in [4.78, 5) is 14.3. The number of nitrogens with one attached hydrogen (secondary N) is 1. The van der Waals surface area contributed by atoms with Gasteiger partial charge in [0.15, 0.2) is 0 Å². The summed E-state index contributed by atoms with van der Waals surface area (Å²) in [5, 5.41) is 0.289. The average molecular weight is 253 g/mol. The minimum atomic E-state index is -4.87. The van der Waals surface area contributed by atoms with Gasteiger partial charge in [-0.1, -0.05) is 24.3 Å². The standard InChI is InChI=1S/C13H10F3NO/c1-2-5-10-11(12(18)13(14,15)16)8-6-3-4-7-9(8)17-10/h2-4,6-7,17H,1,5H2. The van der Waals surface area contributed by atoms with E-state index in [1.807, 2.05) is 0 Å². The maximum absolute atomic E-state index is 12.6.